The second kappa shape index (κ2) is 2.70. The number of nitrogens with zero attached hydrogens (tertiary/aromatic N) is 2. The monoisotopic (exact) mass is 198 g/mol. The van der Waals surface area contributed by atoms with Gasteiger partial charge in [0.2, 0.25) is 0 Å². The first-order valence-electron chi connectivity index (χ1n) is 3.98. The molecule has 0 bridgehead atoms. The van der Waals surface area contributed by atoms with Gasteiger partial charge in [0, 0.05) is 11.6 Å². The van der Waals surface area contributed by atoms with Gasteiger partial charge >= 0.3 is 6.09 Å². The molecule has 0 N–H and O–H groups in total. The van der Waals surface area contributed by atoms with Gasteiger partial charge in [0.25, 0.3) is 0 Å². The van der Waals surface area contributed by atoms with Crippen LogP contribution in [0.4, 0.5) is 9.93 Å². The molecule has 1 aliphatic heterocycles. The van der Waals surface area contributed by atoms with Crippen molar-refractivity contribution in [1.82, 2.24) is 4.98 Å². The summed E-state index contributed by atoms with van der Waals surface area (Å²) in [7, 11) is 0. The Balaban J connectivity index is 2.36. The molecule has 0 aromatic carbocycles. The summed E-state index contributed by atoms with van der Waals surface area (Å²) in [5, 5.41) is 2.55. The SMILES string of the molecule is CC1(C)COC(=O)N1c1nccs1. The topological polar surface area (TPSA) is 42.4 Å². The molecule has 0 unspecified atom stereocenters. The number of ether oxygens (including phenoxy) is 1. The lowest BCUT2D eigenvalue weighted by Crippen LogP contribution is -2.41. The molecule has 1 aromatic rings. The fourth-order valence-corrected chi connectivity index (χ4v) is 2.07. The lowest BCUT2D eigenvalue weighted by molar-refractivity contribution is 0.175. The minimum Gasteiger partial charge on any atom is -0.447 e. The van der Waals surface area contributed by atoms with Crippen molar-refractivity contribution >= 4 is 22.6 Å². The van der Waals surface area contributed by atoms with Crippen LogP contribution < -0.4 is 4.90 Å². The maximum atomic E-state index is 11.4. The summed E-state index contributed by atoms with van der Waals surface area (Å²) in [5.41, 5.74) is -0.283. The summed E-state index contributed by atoms with van der Waals surface area (Å²) in [6.45, 7) is 4.34. The van der Waals surface area contributed by atoms with Crippen molar-refractivity contribution in [3.63, 3.8) is 0 Å². The van der Waals surface area contributed by atoms with E-state index >= 15 is 0 Å². The van der Waals surface area contributed by atoms with Crippen LogP contribution in [0.2, 0.25) is 0 Å². The van der Waals surface area contributed by atoms with E-state index in [1.54, 1.807) is 11.1 Å². The van der Waals surface area contributed by atoms with Crippen LogP contribution in [-0.2, 0) is 4.74 Å². The van der Waals surface area contributed by atoms with E-state index in [1.165, 1.54) is 11.3 Å². The number of hydrogen-bond donors (Lipinski definition) is 0. The molecule has 1 saturated heterocycles. The molecule has 1 aromatic heterocycles. The van der Waals surface area contributed by atoms with Crippen molar-refractivity contribution in [1.29, 1.82) is 0 Å². The normalized spacial score (nSPS) is 20.5. The van der Waals surface area contributed by atoms with Gasteiger partial charge in [-0.15, -0.1) is 11.3 Å². The molecule has 2 rings (SSSR count). The van der Waals surface area contributed by atoms with E-state index < -0.39 is 0 Å². The number of anilines is 1. The minimum absolute atomic E-state index is 0.283. The number of carbonyl (C=O) groups excluding carboxylic acids is 1. The van der Waals surface area contributed by atoms with Gasteiger partial charge in [-0.1, -0.05) is 0 Å². The highest BCUT2D eigenvalue weighted by atomic mass is 32.1. The van der Waals surface area contributed by atoms with Gasteiger partial charge in [-0.05, 0) is 13.8 Å². The zero-order chi connectivity index (χ0) is 9.47. The maximum absolute atomic E-state index is 11.4. The highest BCUT2D eigenvalue weighted by Gasteiger charge is 2.42. The van der Waals surface area contributed by atoms with Gasteiger partial charge in [-0.25, -0.2) is 14.7 Å². The Bertz CT molecular complexity index is 321. The maximum Gasteiger partial charge on any atom is 0.416 e. The predicted octanol–water partition coefficient (Wildman–Crippen LogP) is 1.88. The van der Waals surface area contributed by atoms with Crippen LogP contribution in [0.1, 0.15) is 13.8 Å². The third-order valence-corrected chi connectivity index (χ3v) is 2.70. The fraction of sp³-hybridized carbons (Fsp3) is 0.500. The quantitative estimate of drug-likeness (QED) is 0.692. The first kappa shape index (κ1) is 8.50. The van der Waals surface area contributed by atoms with Gasteiger partial charge in [0.05, 0.1) is 5.54 Å². The average molecular weight is 198 g/mol. The van der Waals surface area contributed by atoms with E-state index in [0.29, 0.717) is 11.7 Å². The molecule has 0 saturated carbocycles. The Morgan fingerprint density at radius 3 is 2.92 bits per heavy atom. The van der Waals surface area contributed by atoms with E-state index in [-0.39, 0.29) is 11.6 Å². The molecule has 1 aliphatic rings. The number of amides is 1. The number of rotatable bonds is 1. The van der Waals surface area contributed by atoms with E-state index in [4.69, 9.17) is 4.74 Å². The summed E-state index contributed by atoms with van der Waals surface area (Å²) in [6.07, 6.45) is 1.38. The molecule has 2 heterocycles. The summed E-state index contributed by atoms with van der Waals surface area (Å²) >= 11 is 1.44. The Morgan fingerprint density at radius 2 is 2.46 bits per heavy atom. The van der Waals surface area contributed by atoms with Crippen LogP contribution in [0.15, 0.2) is 11.6 Å². The summed E-state index contributed by atoms with van der Waals surface area (Å²) in [5.74, 6) is 0. The van der Waals surface area contributed by atoms with Crippen molar-refractivity contribution in [3.05, 3.63) is 11.6 Å². The number of carbonyl (C=O) groups is 1. The van der Waals surface area contributed by atoms with Gasteiger partial charge in [0.15, 0.2) is 5.13 Å². The van der Waals surface area contributed by atoms with Crippen molar-refractivity contribution in [3.8, 4) is 0 Å². The molecule has 0 aliphatic carbocycles. The molecule has 0 spiro atoms. The highest BCUT2D eigenvalue weighted by molar-refractivity contribution is 7.13. The Morgan fingerprint density at radius 1 is 1.69 bits per heavy atom. The van der Waals surface area contributed by atoms with E-state index in [1.807, 2.05) is 19.2 Å². The van der Waals surface area contributed by atoms with Crippen molar-refractivity contribution < 1.29 is 9.53 Å². The van der Waals surface area contributed by atoms with Gasteiger partial charge in [0.1, 0.15) is 6.61 Å². The minimum atomic E-state index is -0.306. The van der Waals surface area contributed by atoms with Gasteiger partial charge in [-0.2, -0.15) is 0 Å². The van der Waals surface area contributed by atoms with Crippen molar-refractivity contribution in [2.75, 3.05) is 11.5 Å². The van der Waals surface area contributed by atoms with Crippen molar-refractivity contribution in [2.24, 2.45) is 0 Å². The highest BCUT2D eigenvalue weighted by Crippen LogP contribution is 2.31. The summed E-state index contributed by atoms with van der Waals surface area (Å²) in [6, 6.07) is 0. The Hall–Kier alpha value is -1.10. The van der Waals surface area contributed by atoms with E-state index in [0.717, 1.165) is 0 Å². The third kappa shape index (κ3) is 1.29. The molecule has 1 amide bonds. The second-order valence-electron chi connectivity index (χ2n) is 3.52. The molecular weight excluding hydrogens is 188 g/mol. The molecule has 70 valence electrons. The Kier molecular flexibility index (Phi) is 1.76. The number of aromatic nitrogens is 1. The third-order valence-electron chi connectivity index (χ3n) is 1.95. The molecule has 13 heavy (non-hydrogen) atoms. The second-order valence-corrected chi connectivity index (χ2v) is 4.39. The fourth-order valence-electron chi connectivity index (χ4n) is 1.28. The molecule has 0 atom stereocenters. The first-order chi connectivity index (χ1) is 6.11. The van der Waals surface area contributed by atoms with Crippen LogP contribution in [0.3, 0.4) is 0 Å². The zero-order valence-electron chi connectivity index (χ0n) is 7.48. The van der Waals surface area contributed by atoms with Crippen LogP contribution in [0.5, 0.6) is 0 Å². The van der Waals surface area contributed by atoms with E-state index in [9.17, 15) is 4.79 Å². The van der Waals surface area contributed by atoms with Gasteiger partial charge < -0.3 is 4.74 Å². The predicted molar refractivity (Wildman–Crippen MR) is 50.0 cm³/mol. The summed E-state index contributed by atoms with van der Waals surface area (Å²) < 4.78 is 4.96. The van der Waals surface area contributed by atoms with Crippen LogP contribution in [-0.4, -0.2) is 23.2 Å². The summed E-state index contributed by atoms with van der Waals surface area (Å²) in [4.78, 5) is 17.0. The molecular formula is C8H10N2O2S. The standard InChI is InChI=1S/C8H10N2O2S/c1-8(2)5-12-7(11)10(8)6-9-3-4-13-6/h3-4H,5H2,1-2H3. The smallest absolute Gasteiger partial charge is 0.416 e. The lowest BCUT2D eigenvalue weighted by Gasteiger charge is -2.24. The van der Waals surface area contributed by atoms with Crippen LogP contribution in [0.25, 0.3) is 0 Å². The van der Waals surface area contributed by atoms with E-state index in [2.05, 4.69) is 4.98 Å². The van der Waals surface area contributed by atoms with Crippen LogP contribution >= 0.6 is 11.3 Å². The molecule has 0 radical (unpaired) electrons. The average Bonchev–Trinajstić information content (AvgIpc) is 2.60. The molecule has 4 nitrogen and oxygen atoms in total. The molecule has 1 fully saturated rings. The first-order valence-corrected chi connectivity index (χ1v) is 4.86. The number of hydrogen-bond acceptors (Lipinski definition) is 4. The number of cyclic esters (lactones) is 1. The molecule has 5 heteroatoms. The Labute approximate surface area is 80.1 Å². The van der Waals surface area contributed by atoms with Crippen LogP contribution in [0, 0.1) is 0 Å². The lowest BCUT2D eigenvalue weighted by atomic mass is 10.1. The number of thiazole rings is 1. The zero-order valence-corrected chi connectivity index (χ0v) is 8.30. The van der Waals surface area contributed by atoms with Crippen molar-refractivity contribution in [2.45, 2.75) is 19.4 Å². The van der Waals surface area contributed by atoms with Gasteiger partial charge in [-0.3, -0.25) is 0 Å². The largest absolute Gasteiger partial charge is 0.447 e.